The fourth-order valence-electron chi connectivity index (χ4n) is 4.20. The molecular formula is C33H28N2O4. The van der Waals surface area contributed by atoms with E-state index in [0.29, 0.717) is 23.1 Å². The second-order valence-corrected chi connectivity index (χ2v) is 9.19. The van der Waals surface area contributed by atoms with Gasteiger partial charge < -0.3 is 14.4 Å². The van der Waals surface area contributed by atoms with Crippen LogP contribution in [0.2, 0.25) is 0 Å². The lowest BCUT2D eigenvalue weighted by Crippen LogP contribution is -2.10. The van der Waals surface area contributed by atoms with E-state index in [1.54, 1.807) is 18.2 Å². The zero-order valence-corrected chi connectivity index (χ0v) is 22.0. The standard InChI is InChI=1S/C33H28N2O4/c1-4-28-29-18-16-27(35(2)3)20-31(29)39-33(38)30(28)17-15-24-9-7-22(8-10-24)5-6-23-11-13-25(14-12-23)19-26(21-34)32(36)37/h5-20H,4H2,1-3H3,(H,36,37)/b6-5+,17-15+,26-19-. The molecule has 1 heterocycles. The highest BCUT2D eigenvalue weighted by Crippen LogP contribution is 2.26. The van der Waals surface area contributed by atoms with Crippen molar-refractivity contribution < 1.29 is 14.3 Å². The maximum absolute atomic E-state index is 12.8. The van der Waals surface area contributed by atoms with Crippen molar-refractivity contribution in [2.24, 2.45) is 0 Å². The number of anilines is 1. The number of aliphatic carboxylic acids is 1. The molecule has 6 heteroatoms. The molecular weight excluding hydrogens is 488 g/mol. The van der Waals surface area contributed by atoms with Gasteiger partial charge in [-0.1, -0.05) is 73.7 Å². The van der Waals surface area contributed by atoms with Gasteiger partial charge in [-0.25, -0.2) is 9.59 Å². The van der Waals surface area contributed by atoms with Gasteiger partial charge in [0.2, 0.25) is 0 Å². The molecule has 4 rings (SSSR count). The van der Waals surface area contributed by atoms with Crippen LogP contribution < -0.4 is 10.5 Å². The third-order valence-corrected chi connectivity index (χ3v) is 6.35. The van der Waals surface area contributed by atoms with Crippen LogP contribution in [0.25, 0.3) is 41.3 Å². The lowest BCUT2D eigenvalue weighted by molar-refractivity contribution is -0.132. The Kier molecular flexibility index (Phi) is 8.23. The van der Waals surface area contributed by atoms with Crippen LogP contribution in [-0.4, -0.2) is 25.2 Å². The van der Waals surface area contributed by atoms with E-state index in [9.17, 15) is 9.59 Å². The predicted octanol–water partition coefficient (Wildman–Crippen LogP) is 6.75. The zero-order chi connectivity index (χ0) is 27.9. The summed E-state index contributed by atoms with van der Waals surface area (Å²) in [6.45, 7) is 2.04. The minimum absolute atomic E-state index is 0.307. The molecule has 6 nitrogen and oxygen atoms in total. The maximum atomic E-state index is 12.8. The van der Waals surface area contributed by atoms with E-state index >= 15 is 0 Å². The summed E-state index contributed by atoms with van der Waals surface area (Å²) in [7, 11) is 3.90. The van der Waals surface area contributed by atoms with Gasteiger partial charge in [0.05, 0.1) is 5.56 Å². The zero-order valence-electron chi connectivity index (χ0n) is 22.0. The van der Waals surface area contributed by atoms with Crippen LogP contribution in [0.4, 0.5) is 5.69 Å². The highest BCUT2D eigenvalue weighted by atomic mass is 16.4. The quantitative estimate of drug-likeness (QED) is 0.120. The van der Waals surface area contributed by atoms with Crippen LogP contribution in [0.15, 0.2) is 81.5 Å². The van der Waals surface area contributed by atoms with Gasteiger partial charge in [-0.05, 0) is 58.5 Å². The average Bonchev–Trinajstić information content (AvgIpc) is 2.94. The molecule has 0 aliphatic carbocycles. The number of nitrogens with zero attached hydrogens (tertiary/aromatic N) is 2. The van der Waals surface area contributed by atoms with Crippen molar-refractivity contribution in [1.29, 1.82) is 5.26 Å². The molecule has 0 unspecified atom stereocenters. The number of aryl methyl sites for hydroxylation is 1. The molecule has 0 saturated heterocycles. The van der Waals surface area contributed by atoms with E-state index in [1.807, 2.05) is 105 Å². The first-order valence-electron chi connectivity index (χ1n) is 12.5. The number of hydrogen-bond acceptors (Lipinski definition) is 5. The van der Waals surface area contributed by atoms with Gasteiger partial charge >= 0.3 is 11.6 Å². The number of carboxylic acids is 1. The molecule has 194 valence electrons. The summed E-state index contributed by atoms with van der Waals surface area (Å²) in [6, 6.07) is 22.8. The fourth-order valence-corrected chi connectivity index (χ4v) is 4.20. The average molecular weight is 517 g/mol. The van der Waals surface area contributed by atoms with Crippen LogP contribution in [0, 0.1) is 11.3 Å². The first-order valence-corrected chi connectivity index (χ1v) is 12.5. The molecule has 1 aromatic heterocycles. The Balaban J connectivity index is 1.50. The minimum Gasteiger partial charge on any atom is -0.477 e. The van der Waals surface area contributed by atoms with E-state index in [4.69, 9.17) is 14.8 Å². The van der Waals surface area contributed by atoms with Crippen molar-refractivity contribution >= 4 is 53.0 Å². The Morgan fingerprint density at radius 2 is 1.44 bits per heavy atom. The normalized spacial score (nSPS) is 11.8. The van der Waals surface area contributed by atoms with Crippen LogP contribution in [0.1, 0.15) is 40.3 Å². The maximum Gasteiger partial charge on any atom is 0.346 e. The van der Waals surface area contributed by atoms with Crippen molar-refractivity contribution in [3.05, 3.63) is 116 Å². The van der Waals surface area contributed by atoms with Gasteiger partial charge in [-0.3, -0.25) is 0 Å². The number of benzene rings is 3. The Bertz CT molecular complexity index is 1700. The molecule has 0 radical (unpaired) electrons. The summed E-state index contributed by atoms with van der Waals surface area (Å²) in [5, 5.41) is 18.8. The topological polar surface area (TPSA) is 94.5 Å². The molecule has 0 bridgehead atoms. The van der Waals surface area contributed by atoms with Gasteiger partial charge in [0, 0.05) is 31.2 Å². The van der Waals surface area contributed by atoms with Crippen LogP contribution >= 0.6 is 0 Å². The number of hydrogen-bond donors (Lipinski definition) is 1. The molecule has 3 aromatic carbocycles. The predicted molar refractivity (Wildman–Crippen MR) is 158 cm³/mol. The Morgan fingerprint density at radius 1 is 0.897 bits per heavy atom. The molecule has 0 saturated carbocycles. The summed E-state index contributed by atoms with van der Waals surface area (Å²) in [6.07, 6.45) is 9.73. The second kappa shape index (κ2) is 11.9. The van der Waals surface area contributed by atoms with E-state index < -0.39 is 5.97 Å². The lowest BCUT2D eigenvalue weighted by Gasteiger charge is -2.14. The van der Waals surface area contributed by atoms with Crippen LogP contribution in [-0.2, 0) is 11.2 Å². The minimum atomic E-state index is -1.25. The number of fused-ring (bicyclic) bond motifs is 1. The molecule has 39 heavy (non-hydrogen) atoms. The summed E-state index contributed by atoms with van der Waals surface area (Å²) in [4.78, 5) is 25.8. The number of carbonyl (C=O) groups is 1. The number of nitriles is 1. The molecule has 0 amide bonds. The molecule has 0 spiro atoms. The first-order chi connectivity index (χ1) is 18.8. The Morgan fingerprint density at radius 3 is 1.92 bits per heavy atom. The fraction of sp³-hybridized carbons (Fsp3) is 0.121. The van der Waals surface area contributed by atoms with E-state index in [2.05, 4.69) is 0 Å². The molecule has 0 aliphatic heterocycles. The highest BCUT2D eigenvalue weighted by molar-refractivity contribution is 5.96. The first kappa shape index (κ1) is 26.9. The monoisotopic (exact) mass is 516 g/mol. The van der Waals surface area contributed by atoms with Gasteiger partial charge in [0.1, 0.15) is 17.2 Å². The van der Waals surface area contributed by atoms with Gasteiger partial charge in [-0.15, -0.1) is 0 Å². The summed E-state index contributed by atoms with van der Waals surface area (Å²) in [5.74, 6) is -1.25. The third kappa shape index (κ3) is 6.41. The van der Waals surface area contributed by atoms with Crippen LogP contribution in [0.3, 0.4) is 0 Å². The second-order valence-electron chi connectivity index (χ2n) is 9.19. The van der Waals surface area contributed by atoms with E-state index in [1.165, 1.54) is 6.08 Å². The molecule has 0 atom stereocenters. The number of rotatable bonds is 8. The smallest absolute Gasteiger partial charge is 0.346 e. The van der Waals surface area contributed by atoms with Crippen molar-refractivity contribution in [3.63, 3.8) is 0 Å². The van der Waals surface area contributed by atoms with Crippen molar-refractivity contribution in [1.82, 2.24) is 0 Å². The highest BCUT2D eigenvalue weighted by Gasteiger charge is 2.12. The van der Waals surface area contributed by atoms with Crippen molar-refractivity contribution in [2.45, 2.75) is 13.3 Å². The lowest BCUT2D eigenvalue weighted by atomic mass is 10.0. The molecule has 1 N–H and O–H groups in total. The van der Waals surface area contributed by atoms with Gasteiger partial charge in [-0.2, -0.15) is 5.26 Å². The largest absolute Gasteiger partial charge is 0.477 e. The summed E-state index contributed by atoms with van der Waals surface area (Å²) < 4.78 is 5.66. The number of carboxylic acid groups (broad SMARTS) is 1. The molecule has 0 aliphatic rings. The molecule has 0 fully saturated rings. The summed E-state index contributed by atoms with van der Waals surface area (Å²) >= 11 is 0. The van der Waals surface area contributed by atoms with Crippen molar-refractivity contribution in [3.8, 4) is 6.07 Å². The molecule has 4 aromatic rings. The SMILES string of the molecule is CCc1c(/C=C/c2ccc(/C=C/c3ccc(/C=C(/C#N)C(=O)O)cc3)cc2)c(=O)oc2cc(N(C)C)ccc12. The van der Waals surface area contributed by atoms with E-state index in [0.717, 1.165) is 33.3 Å². The van der Waals surface area contributed by atoms with E-state index in [-0.39, 0.29) is 11.2 Å². The van der Waals surface area contributed by atoms with Crippen LogP contribution in [0.5, 0.6) is 0 Å². The third-order valence-electron chi connectivity index (χ3n) is 6.35. The van der Waals surface area contributed by atoms with Crippen molar-refractivity contribution in [2.75, 3.05) is 19.0 Å². The van der Waals surface area contributed by atoms with Gasteiger partial charge in [0.25, 0.3) is 0 Å². The Hall–Kier alpha value is -5.15. The Labute approximate surface area is 227 Å². The summed E-state index contributed by atoms with van der Waals surface area (Å²) in [5.41, 5.74) is 6.00. The van der Waals surface area contributed by atoms with Gasteiger partial charge in [0.15, 0.2) is 0 Å².